The lowest BCUT2D eigenvalue weighted by Gasteiger charge is -2.25. The van der Waals surface area contributed by atoms with Crippen molar-refractivity contribution in [3.8, 4) is 0 Å². The molecule has 0 heterocycles. The Morgan fingerprint density at radius 2 is 2.18 bits per heavy atom. The molecular formula is C12H16BrClN2O. The Labute approximate surface area is 115 Å². The van der Waals surface area contributed by atoms with Gasteiger partial charge in [0.15, 0.2) is 0 Å². The molecule has 0 bridgehead atoms. The Kier molecular flexibility index (Phi) is 4.98. The van der Waals surface area contributed by atoms with Crippen molar-refractivity contribution in [1.82, 2.24) is 5.32 Å². The van der Waals surface area contributed by atoms with Gasteiger partial charge in [-0.25, -0.2) is 0 Å². The van der Waals surface area contributed by atoms with Crippen molar-refractivity contribution in [2.24, 2.45) is 5.73 Å². The number of amides is 1. The van der Waals surface area contributed by atoms with Gasteiger partial charge >= 0.3 is 0 Å². The second-order valence-electron chi connectivity index (χ2n) is 4.62. The molecule has 3 N–H and O–H groups in total. The zero-order chi connectivity index (χ0) is 13.1. The summed E-state index contributed by atoms with van der Waals surface area (Å²) >= 11 is 9.31. The van der Waals surface area contributed by atoms with E-state index >= 15 is 0 Å². The number of nitrogens with one attached hydrogen (secondary N) is 1. The Morgan fingerprint density at radius 1 is 1.53 bits per heavy atom. The molecule has 1 rings (SSSR count). The topological polar surface area (TPSA) is 55.1 Å². The fourth-order valence-electron chi connectivity index (χ4n) is 1.50. The Morgan fingerprint density at radius 3 is 2.71 bits per heavy atom. The van der Waals surface area contributed by atoms with Gasteiger partial charge in [0.25, 0.3) is 0 Å². The summed E-state index contributed by atoms with van der Waals surface area (Å²) in [7, 11) is 0. The van der Waals surface area contributed by atoms with Gasteiger partial charge in [0.2, 0.25) is 5.91 Å². The number of nitrogens with two attached hydrogens (primary N) is 1. The number of halogens is 2. The number of carbonyl (C=O) groups excluding carboxylic acids is 1. The van der Waals surface area contributed by atoms with Crippen molar-refractivity contribution < 1.29 is 4.79 Å². The lowest BCUT2D eigenvalue weighted by molar-refractivity contribution is -0.119. The van der Waals surface area contributed by atoms with Gasteiger partial charge < -0.3 is 11.1 Å². The standard InChI is InChI=1S/C12H16BrClN2O/c1-12(2,6-11(15)17)16-7-8-3-4-9(14)5-10(8)13/h3-5,16H,6-7H2,1-2H3,(H2,15,17). The van der Waals surface area contributed by atoms with Crippen molar-refractivity contribution in [3.63, 3.8) is 0 Å². The first-order chi connectivity index (χ1) is 7.80. The van der Waals surface area contributed by atoms with E-state index in [4.69, 9.17) is 17.3 Å². The highest BCUT2D eigenvalue weighted by Gasteiger charge is 2.19. The molecule has 0 atom stereocenters. The third-order valence-corrected chi connectivity index (χ3v) is 3.36. The van der Waals surface area contributed by atoms with Crippen LogP contribution in [0.25, 0.3) is 0 Å². The quantitative estimate of drug-likeness (QED) is 0.877. The SMILES string of the molecule is CC(C)(CC(N)=O)NCc1ccc(Cl)cc1Br. The molecule has 0 aliphatic rings. The minimum Gasteiger partial charge on any atom is -0.370 e. The molecule has 5 heteroatoms. The van der Waals surface area contributed by atoms with E-state index in [9.17, 15) is 4.79 Å². The molecule has 17 heavy (non-hydrogen) atoms. The van der Waals surface area contributed by atoms with Crippen LogP contribution in [0.3, 0.4) is 0 Å². The molecule has 0 aliphatic heterocycles. The molecule has 0 unspecified atom stereocenters. The summed E-state index contributed by atoms with van der Waals surface area (Å²) in [5.74, 6) is -0.308. The zero-order valence-corrected chi connectivity index (χ0v) is 12.2. The molecule has 0 saturated heterocycles. The molecule has 0 fully saturated rings. The van der Waals surface area contributed by atoms with Gasteiger partial charge in [-0.2, -0.15) is 0 Å². The van der Waals surface area contributed by atoms with Crippen LogP contribution in [0.4, 0.5) is 0 Å². The Bertz CT molecular complexity index is 421. The fraction of sp³-hybridized carbons (Fsp3) is 0.417. The minimum atomic E-state index is -0.315. The summed E-state index contributed by atoms with van der Waals surface area (Å²) in [4.78, 5) is 10.9. The summed E-state index contributed by atoms with van der Waals surface area (Å²) in [6.07, 6.45) is 0.304. The average molecular weight is 320 g/mol. The number of hydrogen-bond donors (Lipinski definition) is 2. The Balaban J connectivity index is 2.64. The van der Waals surface area contributed by atoms with Crippen LogP contribution >= 0.6 is 27.5 Å². The Hall–Kier alpha value is -0.580. The van der Waals surface area contributed by atoms with Crippen molar-refractivity contribution in [2.75, 3.05) is 0 Å². The van der Waals surface area contributed by atoms with Crippen LogP contribution in [-0.4, -0.2) is 11.4 Å². The van der Waals surface area contributed by atoms with Crippen LogP contribution in [0.5, 0.6) is 0 Å². The third kappa shape index (κ3) is 5.06. The van der Waals surface area contributed by atoms with Gasteiger partial charge in [-0.3, -0.25) is 4.79 Å². The van der Waals surface area contributed by atoms with E-state index in [-0.39, 0.29) is 11.4 Å². The maximum Gasteiger partial charge on any atom is 0.219 e. The van der Waals surface area contributed by atoms with E-state index < -0.39 is 0 Å². The maximum absolute atomic E-state index is 10.9. The summed E-state index contributed by atoms with van der Waals surface area (Å²) < 4.78 is 0.951. The molecule has 1 aromatic rings. The summed E-state index contributed by atoms with van der Waals surface area (Å²) in [5.41, 5.74) is 5.97. The number of carbonyl (C=O) groups is 1. The van der Waals surface area contributed by atoms with E-state index in [1.54, 1.807) is 0 Å². The van der Waals surface area contributed by atoms with Gasteiger partial charge in [0.1, 0.15) is 0 Å². The predicted molar refractivity (Wildman–Crippen MR) is 73.9 cm³/mol. The van der Waals surface area contributed by atoms with Crippen molar-refractivity contribution in [2.45, 2.75) is 32.4 Å². The number of hydrogen-bond acceptors (Lipinski definition) is 2. The van der Waals surface area contributed by atoms with Gasteiger partial charge in [-0.1, -0.05) is 33.6 Å². The number of primary amides is 1. The van der Waals surface area contributed by atoms with Crippen molar-refractivity contribution >= 4 is 33.4 Å². The molecule has 0 saturated carbocycles. The highest BCUT2D eigenvalue weighted by Crippen LogP contribution is 2.22. The van der Waals surface area contributed by atoms with E-state index in [1.807, 2.05) is 32.0 Å². The minimum absolute atomic E-state index is 0.304. The highest BCUT2D eigenvalue weighted by molar-refractivity contribution is 9.10. The first-order valence-electron chi connectivity index (χ1n) is 5.27. The molecule has 0 aromatic heterocycles. The van der Waals surface area contributed by atoms with E-state index in [1.165, 1.54) is 0 Å². The van der Waals surface area contributed by atoms with Crippen molar-refractivity contribution in [3.05, 3.63) is 33.3 Å². The van der Waals surface area contributed by atoms with Gasteiger partial charge in [0.05, 0.1) is 0 Å². The normalized spacial score (nSPS) is 11.5. The lowest BCUT2D eigenvalue weighted by Crippen LogP contribution is -2.42. The van der Waals surface area contributed by atoms with Crippen LogP contribution in [0.1, 0.15) is 25.8 Å². The molecule has 0 aliphatic carbocycles. The van der Waals surface area contributed by atoms with E-state index in [0.717, 1.165) is 10.0 Å². The van der Waals surface area contributed by atoms with Crippen molar-refractivity contribution in [1.29, 1.82) is 0 Å². The molecular weight excluding hydrogens is 304 g/mol. The molecule has 0 radical (unpaired) electrons. The molecule has 1 amide bonds. The molecule has 1 aromatic carbocycles. The fourth-order valence-corrected chi connectivity index (χ4v) is 2.32. The molecule has 3 nitrogen and oxygen atoms in total. The monoisotopic (exact) mass is 318 g/mol. The third-order valence-electron chi connectivity index (χ3n) is 2.39. The van der Waals surface area contributed by atoms with Crippen LogP contribution < -0.4 is 11.1 Å². The first kappa shape index (κ1) is 14.5. The molecule has 0 spiro atoms. The van der Waals surface area contributed by atoms with Crippen LogP contribution in [0.15, 0.2) is 22.7 Å². The average Bonchev–Trinajstić information content (AvgIpc) is 2.14. The first-order valence-corrected chi connectivity index (χ1v) is 6.44. The molecule has 94 valence electrons. The summed E-state index contributed by atoms with van der Waals surface area (Å²) in [6.45, 7) is 4.54. The smallest absolute Gasteiger partial charge is 0.219 e. The van der Waals surface area contributed by atoms with Gasteiger partial charge in [-0.05, 0) is 31.5 Å². The van der Waals surface area contributed by atoms with E-state index in [0.29, 0.717) is 18.0 Å². The lowest BCUT2D eigenvalue weighted by atomic mass is 10.00. The highest BCUT2D eigenvalue weighted by atomic mass is 79.9. The van der Waals surface area contributed by atoms with Crippen LogP contribution in [0, 0.1) is 0 Å². The second-order valence-corrected chi connectivity index (χ2v) is 5.91. The zero-order valence-electron chi connectivity index (χ0n) is 9.89. The van der Waals surface area contributed by atoms with Crippen LogP contribution in [0.2, 0.25) is 5.02 Å². The van der Waals surface area contributed by atoms with Gasteiger partial charge in [-0.15, -0.1) is 0 Å². The number of benzene rings is 1. The summed E-state index contributed by atoms with van der Waals surface area (Å²) in [5, 5.41) is 3.98. The number of rotatable bonds is 5. The second kappa shape index (κ2) is 5.85. The summed E-state index contributed by atoms with van der Waals surface area (Å²) in [6, 6.07) is 5.63. The van der Waals surface area contributed by atoms with Crippen LogP contribution in [-0.2, 0) is 11.3 Å². The predicted octanol–water partition coefficient (Wildman–Crippen LogP) is 2.85. The maximum atomic E-state index is 10.9. The van der Waals surface area contributed by atoms with E-state index in [2.05, 4.69) is 21.2 Å². The van der Waals surface area contributed by atoms with Gasteiger partial charge in [0, 0.05) is 28.0 Å². The largest absolute Gasteiger partial charge is 0.370 e.